The number of carbonyl (C=O) groups excluding carboxylic acids is 1. The number of unbranched alkanes of at least 4 members (excludes halogenated alkanes) is 1. The van der Waals surface area contributed by atoms with Gasteiger partial charge in [0.1, 0.15) is 5.75 Å². The molecule has 1 amide bonds. The van der Waals surface area contributed by atoms with Gasteiger partial charge >= 0.3 is 0 Å². The van der Waals surface area contributed by atoms with Crippen molar-refractivity contribution in [1.82, 2.24) is 5.32 Å². The SMILES string of the molecule is CCCCC(CC)COCCCNC(=O)Cc1ccc(OC)cc1. The van der Waals surface area contributed by atoms with E-state index in [1.165, 1.54) is 25.7 Å². The van der Waals surface area contributed by atoms with Crippen LogP contribution in [0.15, 0.2) is 24.3 Å². The summed E-state index contributed by atoms with van der Waals surface area (Å²) in [6, 6.07) is 7.59. The molecule has 0 aromatic heterocycles. The van der Waals surface area contributed by atoms with Gasteiger partial charge in [0.2, 0.25) is 5.91 Å². The van der Waals surface area contributed by atoms with E-state index in [0.717, 1.165) is 24.3 Å². The van der Waals surface area contributed by atoms with Gasteiger partial charge < -0.3 is 14.8 Å². The molecule has 24 heavy (non-hydrogen) atoms. The topological polar surface area (TPSA) is 47.6 Å². The van der Waals surface area contributed by atoms with E-state index in [4.69, 9.17) is 9.47 Å². The second-order valence-electron chi connectivity index (χ2n) is 6.22. The van der Waals surface area contributed by atoms with Crippen LogP contribution >= 0.6 is 0 Å². The van der Waals surface area contributed by atoms with Gasteiger partial charge in [0.05, 0.1) is 13.5 Å². The maximum atomic E-state index is 11.9. The molecule has 0 bridgehead atoms. The van der Waals surface area contributed by atoms with Crippen molar-refractivity contribution in [1.29, 1.82) is 0 Å². The fraction of sp³-hybridized carbons (Fsp3) is 0.650. The highest BCUT2D eigenvalue weighted by molar-refractivity contribution is 5.78. The number of carbonyl (C=O) groups is 1. The molecule has 1 unspecified atom stereocenters. The van der Waals surface area contributed by atoms with Crippen LogP contribution in [-0.2, 0) is 16.0 Å². The summed E-state index contributed by atoms with van der Waals surface area (Å²) in [5, 5.41) is 2.95. The fourth-order valence-electron chi connectivity index (χ4n) is 2.54. The summed E-state index contributed by atoms with van der Waals surface area (Å²) in [5.74, 6) is 1.53. The largest absolute Gasteiger partial charge is 0.497 e. The van der Waals surface area contributed by atoms with Gasteiger partial charge in [0.15, 0.2) is 0 Å². The number of ether oxygens (including phenoxy) is 2. The molecule has 0 spiro atoms. The first-order valence-corrected chi connectivity index (χ1v) is 9.16. The summed E-state index contributed by atoms with van der Waals surface area (Å²) in [4.78, 5) is 11.9. The first-order chi connectivity index (χ1) is 11.7. The quantitative estimate of drug-likeness (QED) is 0.555. The molecule has 1 aromatic rings. The maximum Gasteiger partial charge on any atom is 0.224 e. The van der Waals surface area contributed by atoms with Crippen molar-refractivity contribution in [3.63, 3.8) is 0 Å². The minimum Gasteiger partial charge on any atom is -0.497 e. The van der Waals surface area contributed by atoms with E-state index in [1.807, 2.05) is 24.3 Å². The molecule has 0 heterocycles. The zero-order valence-corrected chi connectivity index (χ0v) is 15.5. The van der Waals surface area contributed by atoms with E-state index in [1.54, 1.807) is 7.11 Å². The highest BCUT2D eigenvalue weighted by atomic mass is 16.5. The highest BCUT2D eigenvalue weighted by Gasteiger charge is 2.06. The monoisotopic (exact) mass is 335 g/mol. The van der Waals surface area contributed by atoms with Gasteiger partial charge in [-0.05, 0) is 36.5 Å². The first-order valence-electron chi connectivity index (χ1n) is 9.16. The van der Waals surface area contributed by atoms with E-state index >= 15 is 0 Å². The van der Waals surface area contributed by atoms with E-state index in [0.29, 0.717) is 25.5 Å². The Morgan fingerprint density at radius 1 is 1.17 bits per heavy atom. The molecule has 0 aliphatic rings. The predicted octanol–water partition coefficient (Wildman–Crippen LogP) is 3.98. The molecule has 1 rings (SSSR count). The molecule has 1 aromatic carbocycles. The van der Waals surface area contributed by atoms with Crippen LogP contribution in [0.4, 0.5) is 0 Å². The smallest absolute Gasteiger partial charge is 0.224 e. The van der Waals surface area contributed by atoms with Gasteiger partial charge in [-0.1, -0.05) is 45.2 Å². The fourth-order valence-corrected chi connectivity index (χ4v) is 2.54. The number of hydrogen-bond acceptors (Lipinski definition) is 3. The van der Waals surface area contributed by atoms with Gasteiger partial charge in [0, 0.05) is 19.8 Å². The van der Waals surface area contributed by atoms with Crippen molar-refractivity contribution in [3.05, 3.63) is 29.8 Å². The molecule has 4 heteroatoms. The third kappa shape index (κ3) is 8.92. The molecule has 0 aliphatic carbocycles. The molecule has 0 saturated heterocycles. The van der Waals surface area contributed by atoms with E-state index < -0.39 is 0 Å². The third-order valence-corrected chi connectivity index (χ3v) is 4.21. The predicted molar refractivity (Wildman–Crippen MR) is 98.4 cm³/mol. The number of rotatable bonds is 13. The van der Waals surface area contributed by atoms with Gasteiger partial charge in [0.25, 0.3) is 0 Å². The molecular formula is C20H33NO3. The zero-order valence-electron chi connectivity index (χ0n) is 15.5. The van der Waals surface area contributed by atoms with Crippen LogP contribution < -0.4 is 10.1 Å². The number of methoxy groups -OCH3 is 1. The first kappa shape index (κ1) is 20.5. The number of benzene rings is 1. The Kier molecular flexibility index (Phi) is 10.9. The Morgan fingerprint density at radius 2 is 1.92 bits per heavy atom. The van der Waals surface area contributed by atoms with Crippen LogP contribution in [0.25, 0.3) is 0 Å². The number of amides is 1. The maximum absolute atomic E-state index is 11.9. The lowest BCUT2D eigenvalue weighted by Gasteiger charge is -2.14. The Labute approximate surface area is 146 Å². The van der Waals surface area contributed by atoms with Gasteiger partial charge in [-0.2, -0.15) is 0 Å². The van der Waals surface area contributed by atoms with Crippen molar-refractivity contribution in [2.24, 2.45) is 5.92 Å². The summed E-state index contributed by atoms with van der Waals surface area (Å²) in [6.45, 7) is 6.67. The van der Waals surface area contributed by atoms with Crippen LogP contribution in [0.2, 0.25) is 0 Å². The van der Waals surface area contributed by atoms with E-state index in [9.17, 15) is 4.79 Å². The second-order valence-corrected chi connectivity index (χ2v) is 6.22. The highest BCUT2D eigenvalue weighted by Crippen LogP contribution is 2.13. The Balaban J connectivity index is 2.08. The second kappa shape index (κ2) is 12.8. The molecule has 1 atom stereocenters. The van der Waals surface area contributed by atoms with Crippen molar-refractivity contribution < 1.29 is 14.3 Å². The number of hydrogen-bond donors (Lipinski definition) is 1. The van der Waals surface area contributed by atoms with Crippen LogP contribution in [0, 0.1) is 5.92 Å². The third-order valence-electron chi connectivity index (χ3n) is 4.21. The summed E-state index contributed by atoms with van der Waals surface area (Å²) >= 11 is 0. The molecule has 136 valence electrons. The van der Waals surface area contributed by atoms with Gasteiger partial charge in [-0.15, -0.1) is 0 Å². The molecule has 0 aliphatic heterocycles. The summed E-state index contributed by atoms with van der Waals surface area (Å²) in [6.07, 6.45) is 6.22. The molecule has 1 N–H and O–H groups in total. The minimum atomic E-state index is 0.0505. The Hall–Kier alpha value is -1.55. The van der Waals surface area contributed by atoms with E-state index in [-0.39, 0.29) is 5.91 Å². The van der Waals surface area contributed by atoms with Crippen molar-refractivity contribution in [2.45, 2.75) is 52.4 Å². The molecule has 0 fully saturated rings. The summed E-state index contributed by atoms with van der Waals surface area (Å²) < 4.78 is 10.9. The van der Waals surface area contributed by atoms with Gasteiger partial charge in [-0.25, -0.2) is 0 Å². The van der Waals surface area contributed by atoms with Crippen LogP contribution in [0.5, 0.6) is 5.75 Å². The van der Waals surface area contributed by atoms with Crippen LogP contribution in [-0.4, -0.2) is 32.8 Å². The molecular weight excluding hydrogens is 302 g/mol. The Bertz CT molecular complexity index is 445. The summed E-state index contributed by atoms with van der Waals surface area (Å²) in [7, 11) is 1.64. The minimum absolute atomic E-state index is 0.0505. The number of nitrogens with one attached hydrogen (secondary N) is 1. The molecule has 4 nitrogen and oxygen atoms in total. The average Bonchev–Trinajstić information content (AvgIpc) is 2.61. The van der Waals surface area contributed by atoms with Crippen molar-refractivity contribution >= 4 is 5.91 Å². The Morgan fingerprint density at radius 3 is 2.54 bits per heavy atom. The standard InChI is InChI=1S/C20H33NO3/c1-4-6-8-17(5-2)16-24-14-7-13-21-20(22)15-18-9-11-19(23-3)12-10-18/h9-12,17H,4-8,13-16H2,1-3H3,(H,21,22). The van der Waals surface area contributed by atoms with Crippen LogP contribution in [0.1, 0.15) is 51.5 Å². The molecule has 0 saturated carbocycles. The lowest BCUT2D eigenvalue weighted by Crippen LogP contribution is -2.27. The lowest BCUT2D eigenvalue weighted by molar-refractivity contribution is -0.120. The normalized spacial score (nSPS) is 12.0. The van der Waals surface area contributed by atoms with E-state index in [2.05, 4.69) is 19.2 Å². The average molecular weight is 335 g/mol. The van der Waals surface area contributed by atoms with Gasteiger partial charge in [-0.3, -0.25) is 4.79 Å². The summed E-state index contributed by atoms with van der Waals surface area (Å²) in [5.41, 5.74) is 0.992. The van der Waals surface area contributed by atoms with Crippen LogP contribution in [0.3, 0.4) is 0 Å². The molecule has 0 radical (unpaired) electrons. The van der Waals surface area contributed by atoms with Crippen molar-refractivity contribution in [3.8, 4) is 5.75 Å². The van der Waals surface area contributed by atoms with Crippen molar-refractivity contribution in [2.75, 3.05) is 26.9 Å². The zero-order chi connectivity index (χ0) is 17.6. The lowest BCUT2D eigenvalue weighted by atomic mass is 10.0.